The zero-order valence-electron chi connectivity index (χ0n) is 16.0. The van der Waals surface area contributed by atoms with Crippen LogP contribution in [-0.2, 0) is 15.8 Å². The van der Waals surface area contributed by atoms with Crippen molar-refractivity contribution >= 4 is 55.5 Å². The van der Waals surface area contributed by atoms with E-state index in [1.807, 2.05) is 11.4 Å². The van der Waals surface area contributed by atoms with Gasteiger partial charge in [0.2, 0.25) is 15.2 Å². The number of rotatable bonds is 8. The highest BCUT2D eigenvalue weighted by molar-refractivity contribution is 8.00. The van der Waals surface area contributed by atoms with E-state index in [4.69, 9.17) is 0 Å². The summed E-state index contributed by atoms with van der Waals surface area (Å²) in [5.74, 6) is 0.365. The number of anilines is 1. The van der Waals surface area contributed by atoms with Crippen LogP contribution in [0.1, 0.15) is 29.1 Å². The summed E-state index contributed by atoms with van der Waals surface area (Å²) in [6.07, 6.45) is 0. The van der Waals surface area contributed by atoms with E-state index in [0.717, 1.165) is 10.1 Å². The van der Waals surface area contributed by atoms with Crippen molar-refractivity contribution in [2.24, 2.45) is 0 Å². The average Bonchev–Trinajstić information content (AvgIpc) is 3.37. The molecule has 2 aromatic heterocycles. The summed E-state index contributed by atoms with van der Waals surface area (Å²) in [4.78, 5) is 13.9. The lowest BCUT2D eigenvalue weighted by Crippen LogP contribution is -2.33. The van der Waals surface area contributed by atoms with Crippen LogP contribution in [0.4, 0.5) is 5.13 Å². The number of nitrogens with one attached hydrogen (secondary N) is 1. The zero-order valence-corrected chi connectivity index (χ0v) is 19.3. The molecule has 154 valence electrons. The highest BCUT2D eigenvalue weighted by Crippen LogP contribution is 2.29. The van der Waals surface area contributed by atoms with Gasteiger partial charge in [-0.1, -0.05) is 35.2 Å². The van der Waals surface area contributed by atoms with E-state index in [2.05, 4.69) is 21.6 Å². The Bertz CT molecular complexity index is 1080. The largest absolute Gasteiger partial charge is 0.296 e. The number of carbonyl (C=O) groups excluding carboxylic acids is 1. The van der Waals surface area contributed by atoms with Crippen LogP contribution in [-0.4, -0.2) is 41.9 Å². The van der Waals surface area contributed by atoms with Crippen molar-refractivity contribution < 1.29 is 13.2 Å². The Morgan fingerprint density at radius 3 is 2.72 bits per heavy atom. The standard InChI is InChI=1S/C18H20N4O3S4/c1-12(2)22(3)29(24,25)15-8-4-6-13(10-15)16(23)19-17-20-21-18(28-17)27-11-14-7-5-9-26-14/h4-10,12H,11H2,1-3H3,(H,19,20,23). The van der Waals surface area contributed by atoms with Crippen LogP contribution in [0.3, 0.4) is 0 Å². The van der Waals surface area contributed by atoms with E-state index in [0.29, 0.717) is 5.13 Å². The Morgan fingerprint density at radius 1 is 1.24 bits per heavy atom. The molecule has 1 amide bonds. The molecule has 3 rings (SSSR count). The van der Waals surface area contributed by atoms with Gasteiger partial charge in [0, 0.05) is 29.3 Å². The smallest absolute Gasteiger partial charge is 0.257 e. The molecule has 1 aromatic carbocycles. The van der Waals surface area contributed by atoms with Crippen molar-refractivity contribution in [3.05, 3.63) is 52.2 Å². The Balaban J connectivity index is 1.68. The van der Waals surface area contributed by atoms with E-state index in [-0.39, 0.29) is 16.5 Å². The molecule has 0 fully saturated rings. The van der Waals surface area contributed by atoms with Crippen LogP contribution >= 0.6 is 34.4 Å². The molecule has 0 atom stereocenters. The van der Waals surface area contributed by atoms with Gasteiger partial charge in [0.05, 0.1) is 4.90 Å². The minimum Gasteiger partial charge on any atom is -0.296 e. The van der Waals surface area contributed by atoms with E-state index >= 15 is 0 Å². The number of benzene rings is 1. The van der Waals surface area contributed by atoms with Gasteiger partial charge in [0.25, 0.3) is 5.91 Å². The third kappa shape index (κ3) is 5.43. The number of carbonyl (C=O) groups is 1. The summed E-state index contributed by atoms with van der Waals surface area (Å²) in [5, 5.41) is 13.2. The topological polar surface area (TPSA) is 92.3 Å². The second-order valence-corrected chi connectivity index (χ2v) is 11.6. The summed E-state index contributed by atoms with van der Waals surface area (Å²) >= 11 is 4.51. The maximum atomic E-state index is 12.7. The lowest BCUT2D eigenvalue weighted by molar-refractivity contribution is 0.102. The quantitative estimate of drug-likeness (QED) is 0.394. The highest BCUT2D eigenvalue weighted by atomic mass is 32.2. The Morgan fingerprint density at radius 2 is 2.03 bits per heavy atom. The van der Waals surface area contributed by atoms with Crippen LogP contribution < -0.4 is 5.32 Å². The Kier molecular flexibility index (Phi) is 7.06. The van der Waals surface area contributed by atoms with Crippen LogP contribution in [0.5, 0.6) is 0 Å². The van der Waals surface area contributed by atoms with Crippen molar-refractivity contribution in [2.45, 2.75) is 34.9 Å². The highest BCUT2D eigenvalue weighted by Gasteiger charge is 2.24. The summed E-state index contributed by atoms with van der Waals surface area (Å²) < 4.78 is 27.3. The Labute approximate surface area is 182 Å². The number of hydrogen-bond donors (Lipinski definition) is 1. The fourth-order valence-corrected chi connectivity index (χ4v) is 6.19. The third-order valence-electron chi connectivity index (χ3n) is 4.05. The molecule has 2 heterocycles. The molecule has 0 radical (unpaired) electrons. The van der Waals surface area contributed by atoms with Crippen LogP contribution in [0.2, 0.25) is 0 Å². The summed E-state index contributed by atoms with van der Waals surface area (Å²) in [6.45, 7) is 3.58. The molecule has 0 aliphatic carbocycles. The second-order valence-electron chi connectivity index (χ2n) is 6.34. The van der Waals surface area contributed by atoms with Crippen LogP contribution in [0.25, 0.3) is 0 Å². The van der Waals surface area contributed by atoms with Gasteiger partial charge in [-0.05, 0) is 43.5 Å². The predicted octanol–water partition coefficient (Wildman–Crippen LogP) is 4.17. The first-order chi connectivity index (χ1) is 13.8. The number of thioether (sulfide) groups is 1. The first-order valence-electron chi connectivity index (χ1n) is 8.65. The summed E-state index contributed by atoms with van der Waals surface area (Å²) in [7, 11) is -2.15. The molecule has 0 saturated heterocycles. The number of nitrogens with zero attached hydrogens (tertiary/aromatic N) is 3. The monoisotopic (exact) mass is 468 g/mol. The lowest BCUT2D eigenvalue weighted by atomic mass is 10.2. The number of sulfonamides is 1. The van der Waals surface area contributed by atoms with Crippen molar-refractivity contribution in [3.8, 4) is 0 Å². The SMILES string of the molecule is CC(C)N(C)S(=O)(=O)c1cccc(C(=O)Nc2nnc(SCc3cccs3)s2)c1. The third-order valence-corrected chi connectivity index (χ3v) is 9.15. The summed E-state index contributed by atoms with van der Waals surface area (Å²) in [6, 6.07) is 9.84. The normalized spacial score (nSPS) is 11.9. The molecule has 0 aliphatic heterocycles. The fraction of sp³-hybridized carbons (Fsp3) is 0.278. The van der Waals surface area contributed by atoms with Gasteiger partial charge in [0.15, 0.2) is 4.34 Å². The molecule has 0 unspecified atom stereocenters. The van der Waals surface area contributed by atoms with Gasteiger partial charge in [-0.2, -0.15) is 4.31 Å². The van der Waals surface area contributed by atoms with Crippen molar-refractivity contribution in [1.82, 2.24) is 14.5 Å². The van der Waals surface area contributed by atoms with Gasteiger partial charge in [-0.25, -0.2) is 8.42 Å². The maximum Gasteiger partial charge on any atom is 0.257 e. The molecular formula is C18H20N4O3S4. The number of thiophene rings is 1. The van der Waals surface area contributed by atoms with Crippen LogP contribution in [0, 0.1) is 0 Å². The molecule has 0 spiro atoms. The molecule has 1 N–H and O–H groups in total. The van der Waals surface area contributed by atoms with Crippen molar-refractivity contribution in [3.63, 3.8) is 0 Å². The average molecular weight is 469 g/mol. The minimum atomic E-state index is -3.67. The minimum absolute atomic E-state index is 0.0748. The first-order valence-corrected chi connectivity index (χ1v) is 12.8. The van der Waals surface area contributed by atoms with E-state index in [9.17, 15) is 13.2 Å². The second kappa shape index (κ2) is 9.35. The summed E-state index contributed by atoms with van der Waals surface area (Å²) in [5.41, 5.74) is 0.242. The van der Waals surface area contributed by atoms with Gasteiger partial charge >= 0.3 is 0 Å². The van der Waals surface area contributed by atoms with E-state index in [1.54, 1.807) is 49.1 Å². The fourth-order valence-electron chi connectivity index (χ4n) is 2.26. The van der Waals surface area contributed by atoms with Crippen LogP contribution in [0.15, 0.2) is 51.0 Å². The number of hydrogen-bond acceptors (Lipinski definition) is 8. The van der Waals surface area contributed by atoms with Gasteiger partial charge < -0.3 is 0 Å². The molecule has 11 heteroatoms. The van der Waals surface area contributed by atoms with Crippen molar-refractivity contribution in [2.75, 3.05) is 12.4 Å². The molecule has 29 heavy (non-hydrogen) atoms. The predicted molar refractivity (Wildman–Crippen MR) is 118 cm³/mol. The number of amides is 1. The molecule has 7 nitrogen and oxygen atoms in total. The molecule has 0 aliphatic rings. The molecule has 0 bridgehead atoms. The van der Waals surface area contributed by atoms with E-state index < -0.39 is 15.9 Å². The number of aromatic nitrogens is 2. The zero-order chi connectivity index (χ0) is 21.0. The Hall–Kier alpha value is -1.79. The van der Waals surface area contributed by atoms with Gasteiger partial charge in [0.1, 0.15) is 0 Å². The molecular weight excluding hydrogens is 448 g/mol. The lowest BCUT2D eigenvalue weighted by Gasteiger charge is -2.21. The van der Waals surface area contributed by atoms with Gasteiger partial charge in [-0.15, -0.1) is 21.5 Å². The van der Waals surface area contributed by atoms with E-state index in [1.165, 1.54) is 39.7 Å². The first kappa shape index (κ1) is 21.9. The maximum absolute atomic E-state index is 12.7. The molecule has 0 saturated carbocycles. The van der Waals surface area contributed by atoms with Gasteiger partial charge in [-0.3, -0.25) is 10.1 Å². The molecule has 3 aromatic rings. The van der Waals surface area contributed by atoms with Crippen molar-refractivity contribution in [1.29, 1.82) is 0 Å².